The summed E-state index contributed by atoms with van der Waals surface area (Å²) in [7, 11) is 0. The molecule has 0 fully saturated rings. The van der Waals surface area contributed by atoms with Gasteiger partial charge in [-0.25, -0.2) is 9.97 Å². The molecule has 10 rings (SSSR count). The maximum Gasteiger partial charge on any atom is 0.160 e. The van der Waals surface area contributed by atoms with Gasteiger partial charge in [-0.1, -0.05) is 109 Å². The fourth-order valence-corrected chi connectivity index (χ4v) is 8.16. The molecule has 0 bridgehead atoms. The first-order valence-corrected chi connectivity index (χ1v) is 18.2. The predicted molar refractivity (Wildman–Crippen MR) is 221 cm³/mol. The van der Waals surface area contributed by atoms with Gasteiger partial charge in [0.05, 0.1) is 33.5 Å². The predicted octanol–water partition coefficient (Wildman–Crippen LogP) is 12.6. The lowest BCUT2D eigenvalue weighted by molar-refractivity contribution is 1.14. The molecule has 7 aromatic carbocycles. The van der Waals surface area contributed by atoms with Crippen molar-refractivity contribution in [2.75, 3.05) is 0 Å². The Morgan fingerprint density at radius 1 is 0.377 bits per heavy atom. The number of hydrogen-bond donors (Lipinski definition) is 0. The van der Waals surface area contributed by atoms with Gasteiger partial charge in [-0.15, -0.1) is 0 Å². The number of para-hydroxylation sites is 3. The zero-order chi connectivity index (χ0) is 35.6. The maximum absolute atomic E-state index is 5.18. The summed E-state index contributed by atoms with van der Waals surface area (Å²) in [4.78, 5) is 10.3. The first-order valence-electron chi connectivity index (χ1n) is 18.2. The number of fused-ring (bicyclic) bond motifs is 6. The Balaban J connectivity index is 1.13. The van der Waals surface area contributed by atoms with Gasteiger partial charge >= 0.3 is 0 Å². The Hall–Kier alpha value is -6.78. The Morgan fingerprint density at radius 2 is 0.906 bits per heavy atom. The molecule has 0 unspecified atom stereocenters. The summed E-state index contributed by atoms with van der Waals surface area (Å²) >= 11 is 0. The summed E-state index contributed by atoms with van der Waals surface area (Å²) in [5.41, 5.74) is 15.7. The molecule has 0 aliphatic carbocycles. The zero-order valence-electron chi connectivity index (χ0n) is 29.9. The van der Waals surface area contributed by atoms with Gasteiger partial charge in [0.2, 0.25) is 0 Å². The van der Waals surface area contributed by atoms with E-state index in [-0.39, 0.29) is 0 Å². The molecule has 0 aliphatic heterocycles. The Kier molecular flexibility index (Phi) is 7.12. The van der Waals surface area contributed by atoms with Gasteiger partial charge in [-0.3, -0.25) is 0 Å². The topological polar surface area (TPSA) is 35.6 Å². The van der Waals surface area contributed by atoms with Crippen LogP contribution in [0.4, 0.5) is 0 Å². The lowest BCUT2D eigenvalue weighted by atomic mass is 10.0. The third-order valence-electron chi connectivity index (χ3n) is 10.8. The molecule has 0 saturated heterocycles. The van der Waals surface area contributed by atoms with Crippen molar-refractivity contribution in [3.63, 3.8) is 0 Å². The number of aryl methyl sites for hydroxylation is 3. The van der Waals surface area contributed by atoms with Gasteiger partial charge in [0.25, 0.3) is 0 Å². The van der Waals surface area contributed by atoms with Crippen molar-refractivity contribution in [3.05, 3.63) is 180 Å². The van der Waals surface area contributed by atoms with Crippen molar-refractivity contribution in [1.82, 2.24) is 19.1 Å². The quantitative estimate of drug-likeness (QED) is 0.181. The van der Waals surface area contributed by atoms with Crippen LogP contribution in [0.25, 0.3) is 88.9 Å². The van der Waals surface area contributed by atoms with E-state index in [9.17, 15) is 0 Å². The molecular formula is C49H36N4. The van der Waals surface area contributed by atoms with E-state index in [1.165, 1.54) is 54.7 Å². The molecule has 4 heteroatoms. The molecular weight excluding hydrogens is 645 g/mol. The zero-order valence-corrected chi connectivity index (χ0v) is 29.9. The molecule has 3 aromatic heterocycles. The van der Waals surface area contributed by atoms with Gasteiger partial charge < -0.3 is 9.13 Å². The maximum atomic E-state index is 5.18. The molecule has 53 heavy (non-hydrogen) atoms. The molecule has 252 valence electrons. The molecule has 10 aromatic rings. The van der Waals surface area contributed by atoms with Crippen LogP contribution in [0, 0.1) is 20.8 Å². The second kappa shape index (κ2) is 12.2. The minimum atomic E-state index is 0.738. The molecule has 4 nitrogen and oxygen atoms in total. The van der Waals surface area contributed by atoms with Gasteiger partial charge in [-0.05, 0) is 92.1 Å². The normalized spacial score (nSPS) is 11.7. The molecule has 0 N–H and O–H groups in total. The fraction of sp³-hybridized carbons (Fsp3) is 0.0612. The monoisotopic (exact) mass is 680 g/mol. The lowest BCUT2D eigenvalue weighted by Gasteiger charge is -2.15. The summed E-state index contributed by atoms with van der Waals surface area (Å²) in [6.07, 6.45) is 0. The summed E-state index contributed by atoms with van der Waals surface area (Å²) in [6.45, 7) is 6.47. The number of nitrogens with zero attached hydrogens (tertiary/aromatic N) is 4. The highest BCUT2D eigenvalue weighted by atomic mass is 15.0. The van der Waals surface area contributed by atoms with E-state index in [4.69, 9.17) is 9.97 Å². The highest BCUT2D eigenvalue weighted by Crippen LogP contribution is 2.38. The van der Waals surface area contributed by atoms with Crippen LogP contribution in [-0.4, -0.2) is 19.1 Å². The van der Waals surface area contributed by atoms with E-state index in [1.54, 1.807) is 0 Å². The SMILES string of the molecule is Cc1ccccc1-c1cc(-c2ccc(-n3c4ccccc4c4cc(-n5c6ccccc6c6ccccc65)ccc43)c(C)c2)nc(-c2ccccc2C)n1. The average molecular weight is 681 g/mol. The second-order valence-electron chi connectivity index (χ2n) is 14.0. The molecule has 0 aliphatic rings. The van der Waals surface area contributed by atoms with E-state index in [1.807, 2.05) is 0 Å². The van der Waals surface area contributed by atoms with Crippen LogP contribution in [0.2, 0.25) is 0 Å². The van der Waals surface area contributed by atoms with Crippen LogP contribution in [0.3, 0.4) is 0 Å². The van der Waals surface area contributed by atoms with Gasteiger partial charge in [0.1, 0.15) is 0 Å². The molecule has 3 heterocycles. The number of hydrogen-bond acceptors (Lipinski definition) is 2. The third kappa shape index (κ3) is 4.98. The summed E-state index contributed by atoms with van der Waals surface area (Å²) < 4.78 is 4.81. The molecule has 0 atom stereocenters. The van der Waals surface area contributed by atoms with Crippen molar-refractivity contribution < 1.29 is 0 Å². The Bertz CT molecular complexity index is 2930. The highest BCUT2D eigenvalue weighted by molar-refractivity contribution is 6.12. The van der Waals surface area contributed by atoms with Crippen molar-refractivity contribution in [1.29, 1.82) is 0 Å². The van der Waals surface area contributed by atoms with E-state index in [0.29, 0.717) is 0 Å². The Labute approximate surface area is 308 Å². The number of rotatable bonds is 5. The second-order valence-corrected chi connectivity index (χ2v) is 14.0. The molecule has 0 radical (unpaired) electrons. The molecule has 0 amide bonds. The minimum Gasteiger partial charge on any atom is -0.309 e. The summed E-state index contributed by atoms with van der Waals surface area (Å²) in [6, 6.07) is 58.7. The standard InChI is InChI=1S/C49H36N4/c1-31-14-4-6-16-36(31)43-30-42(50-49(51-43)37-17-7-5-15-32(37)2)34-24-26-44(33(3)28-34)53-47-23-13-10-20-40(47)41-29-35(25-27-48(41)53)52-45-21-11-8-18-38(45)39-19-9-12-22-46(39)52/h4-30H,1-3H3. The minimum absolute atomic E-state index is 0.738. The number of aromatic nitrogens is 4. The first-order chi connectivity index (χ1) is 26.0. The smallest absolute Gasteiger partial charge is 0.160 e. The average Bonchev–Trinajstić information content (AvgIpc) is 3.70. The van der Waals surface area contributed by atoms with Crippen molar-refractivity contribution in [2.24, 2.45) is 0 Å². The molecule has 0 spiro atoms. The summed E-state index contributed by atoms with van der Waals surface area (Å²) in [5.74, 6) is 0.738. The van der Waals surface area contributed by atoms with Gasteiger partial charge in [0.15, 0.2) is 5.82 Å². The van der Waals surface area contributed by atoms with E-state index >= 15 is 0 Å². The lowest BCUT2D eigenvalue weighted by Crippen LogP contribution is -2.00. The fourth-order valence-electron chi connectivity index (χ4n) is 8.16. The van der Waals surface area contributed by atoms with Gasteiger partial charge in [0, 0.05) is 49.6 Å². The largest absolute Gasteiger partial charge is 0.309 e. The van der Waals surface area contributed by atoms with Crippen molar-refractivity contribution >= 4 is 43.6 Å². The van der Waals surface area contributed by atoms with Crippen molar-refractivity contribution in [2.45, 2.75) is 20.8 Å². The van der Waals surface area contributed by atoms with Crippen LogP contribution in [0.5, 0.6) is 0 Å². The number of benzene rings is 7. The summed E-state index contributed by atoms with van der Waals surface area (Å²) in [5, 5.41) is 4.99. The van der Waals surface area contributed by atoms with E-state index < -0.39 is 0 Å². The van der Waals surface area contributed by atoms with Crippen LogP contribution in [0.1, 0.15) is 16.7 Å². The van der Waals surface area contributed by atoms with Crippen molar-refractivity contribution in [3.8, 4) is 45.3 Å². The van der Waals surface area contributed by atoms with Crippen LogP contribution in [-0.2, 0) is 0 Å². The van der Waals surface area contributed by atoms with Crippen LogP contribution < -0.4 is 0 Å². The highest BCUT2D eigenvalue weighted by Gasteiger charge is 2.18. The first kappa shape index (κ1) is 31.0. The Morgan fingerprint density at radius 3 is 1.55 bits per heavy atom. The van der Waals surface area contributed by atoms with E-state index in [2.05, 4.69) is 194 Å². The molecule has 0 saturated carbocycles. The van der Waals surface area contributed by atoms with Crippen LogP contribution >= 0.6 is 0 Å². The van der Waals surface area contributed by atoms with Gasteiger partial charge in [-0.2, -0.15) is 0 Å². The van der Waals surface area contributed by atoms with E-state index in [0.717, 1.165) is 50.8 Å². The third-order valence-corrected chi connectivity index (χ3v) is 10.8. The van der Waals surface area contributed by atoms with Crippen LogP contribution in [0.15, 0.2) is 164 Å².